The molecule has 14 heteroatoms. The number of aromatic amines is 1. The van der Waals surface area contributed by atoms with Crippen LogP contribution < -0.4 is 11.1 Å². The van der Waals surface area contributed by atoms with E-state index in [-0.39, 0.29) is 23.7 Å². The van der Waals surface area contributed by atoms with Crippen LogP contribution in [0.2, 0.25) is 0 Å². The summed E-state index contributed by atoms with van der Waals surface area (Å²) in [4.78, 5) is 35.5. The average molecular weight is 533 g/mol. The summed E-state index contributed by atoms with van der Waals surface area (Å²) in [5.41, 5.74) is 6.09. The molecule has 3 rings (SSSR count). The maximum Gasteiger partial charge on any atom is 0.490 e. The van der Waals surface area contributed by atoms with E-state index in [9.17, 15) is 41.0 Å². The van der Waals surface area contributed by atoms with Crippen molar-refractivity contribution >= 4 is 28.7 Å². The summed E-state index contributed by atoms with van der Waals surface area (Å²) in [5, 5.41) is 19.3. The topological polar surface area (TPSA) is 146 Å². The summed E-state index contributed by atoms with van der Waals surface area (Å²) >= 11 is 0. The Hall–Kier alpha value is -4.07. The Morgan fingerprint density at radius 1 is 0.919 bits per heavy atom. The highest BCUT2D eigenvalue weighted by molar-refractivity contribution is 5.89. The molecule has 0 saturated carbocycles. The van der Waals surface area contributed by atoms with E-state index < -0.39 is 47.8 Å². The number of para-hydroxylation sites is 1. The van der Waals surface area contributed by atoms with Gasteiger partial charge in [0.15, 0.2) is 0 Å². The molecular formula is C23H21F6N3O5. The van der Waals surface area contributed by atoms with E-state index in [1.54, 1.807) is 24.3 Å². The van der Waals surface area contributed by atoms with Gasteiger partial charge in [-0.1, -0.05) is 42.5 Å². The molecule has 3 aromatic rings. The minimum atomic E-state index is -5.08. The van der Waals surface area contributed by atoms with Crippen LogP contribution in [0.3, 0.4) is 0 Å². The van der Waals surface area contributed by atoms with Crippen molar-refractivity contribution in [2.75, 3.05) is 0 Å². The van der Waals surface area contributed by atoms with Gasteiger partial charge in [0.2, 0.25) is 5.91 Å². The predicted molar refractivity (Wildman–Crippen MR) is 118 cm³/mol. The molecule has 0 radical (unpaired) electrons. The summed E-state index contributed by atoms with van der Waals surface area (Å²) in [6, 6.07) is 10.4. The number of carboxylic acids is 2. The number of benzene rings is 2. The molecule has 37 heavy (non-hydrogen) atoms. The molecular weight excluding hydrogens is 512 g/mol. The van der Waals surface area contributed by atoms with E-state index in [2.05, 4.69) is 10.3 Å². The molecule has 2 aromatic carbocycles. The number of aliphatic carboxylic acids is 2. The molecule has 0 aliphatic heterocycles. The molecule has 200 valence electrons. The summed E-state index contributed by atoms with van der Waals surface area (Å²) < 4.78 is 71.3. The molecule has 0 spiro atoms. The number of halogens is 6. The molecule has 0 aliphatic rings. The quantitative estimate of drug-likeness (QED) is 0.294. The first kappa shape index (κ1) is 29.2. The van der Waals surface area contributed by atoms with E-state index in [1.807, 2.05) is 6.07 Å². The number of carboxylic acid groups (broad SMARTS) is 2. The first-order valence-electron chi connectivity index (χ1n) is 10.4. The van der Waals surface area contributed by atoms with E-state index in [0.29, 0.717) is 5.56 Å². The van der Waals surface area contributed by atoms with E-state index in [0.717, 1.165) is 11.6 Å². The zero-order valence-corrected chi connectivity index (χ0v) is 18.7. The molecule has 2 atom stereocenters. The largest absolute Gasteiger partial charge is 0.490 e. The number of nitrogens with two attached hydrogens (primary N) is 1. The van der Waals surface area contributed by atoms with Crippen molar-refractivity contribution in [1.29, 1.82) is 0 Å². The van der Waals surface area contributed by atoms with Crippen molar-refractivity contribution in [2.24, 2.45) is 5.73 Å². The molecule has 1 heterocycles. The summed E-state index contributed by atoms with van der Waals surface area (Å²) in [5.74, 6) is -4.72. The number of H-pyrrole nitrogens is 1. The van der Waals surface area contributed by atoms with Crippen molar-refractivity contribution in [3.63, 3.8) is 0 Å². The first-order valence-corrected chi connectivity index (χ1v) is 10.4. The van der Waals surface area contributed by atoms with Crippen LogP contribution in [0.4, 0.5) is 26.3 Å². The lowest BCUT2D eigenvalue weighted by atomic mass is 10.0. The van der Waals surface area contributed by atoms with Crippen LogP contribution >= 0.6 is 0 Å². The lowest BCUT2D eigenvalue weighted by Crippen LogP contribution is -2.50. The SMILES string of the molecule is NC(Cc1ccccc1)C(=O)NC(Cc1c[nH]c2c(C(F)(F)F)cccc12)C(=O)O.O=C(O)C(F)(F)F. The summed E-state index contributed by atoms with van der Waals surface area (Å²) in [6.07, 6.45) is -8.28. The molecule has 1 amide bonds. The van der Waals surface area contributed by atoms with Gasteiger partial charge in [0, 0.05) is 18.0 Å². The Bertz CT molecular complexity index is 1240. The van der Waals surface area contributed by atoms with Gasteiger partial charge in [-0.25, -0.2) is 9.59 Å². The Morgan fingerprint density at radius 2 is 1.51 bits per heavy atom. The second-order valence-electron chi connectivity index (χ2n) is 7.74. The number of carbonyl (C=O) groups excluding carboxylic acids is 1. The molecule has 8 nitrogen and oxygen atoms in total. The van der Waals surface area contributed by atoms with Gasteiger partial charge < -0.3 is 26.2 Å². The Kier molecular flexibility index (Phi) is 9.28. The van der Waals surface area contributed by atoms with Gasteiger partial charge in [0.1, 0.15) is 6.04 Å². The summed E-state index contributed by atoms with van der Waals surface area (Å²) in [7, 11) is 0. The van der Waals surface area contributed by atoms with Gasteiger partial charge in [-0.05, 0) is 23.6 Å². The van der Waals surface area contributed by atoms with Crippen LogP contribution in [-0.2, 0) is 33.4 Å². The maximum absolute atomic E-state index is 13.2. The number of hydrogen-bond acceptors (Lipinski definition) is 4. The Balaban J connectivity index is 0.000000604. The predicted octanol–water partition coefficient (Wildman–Crippen LogP) is 3.50. The molecule has 0 aliphatic carbocycles. The normalized spacial score (nSPS) is 13.3. The molecule has 0 fully saturated rings. The number of hydrogen-bond donors (Lipinski definition) is 5. The number of rotatable bonds is 7. The molecule has 2 unspecified atom stereocenters. The fraction of sp³-hybridized carbons (Fsp3) is 0.261. The Morgan fingerprint density at radius 3 is 2.03 bits per heavy atom. The molecule has 6 N–H and O–H groups in total. The van der Waals surface area contributed by atoms with Crippen LogP contribution in [0.25, 0.3) is 10.9 Å². The Labute approximate surface area is 205 Å². The van der Waals surface area contributed by atoms with Gasteiger partial charge in [-0.3, -0.25) is 4.79 Å². The number of amides is 1. The first-order chi connectivity index (χ1) is 17.1. The van der Waals surface area contributed by atoms with Crippen LogP contribution in [0, 0.1) is 0 Å². The standard InChI is InChI=1S/C21H20F3N3O3.C2HF3O2/c22-21(23,24)15-8-4-7-14-13(11-26-18(14)15)10-17(20(29)30)27-19(28)16(25)9-12-5-2-1-3-6-12;3-2(4,5)1(6)7/h1-8,11,16-17,26H,9-10,25H2,(H,27,28)(H,29,30);(H,6,7). The van der Waals surface area contributed by atoms with Gasteiger partial charge in [0.05, 0.1) is 17.1 Å². The van der Waals surface area contributed by atoms with E-state index in [1.165, 1.54) is 18.3 Å². The number of carbonyl (C=O) groups is 3. The van der Waals surface area contributed by atoms with Crippen molar-refractivity contribution in [3.8, 4) is 0 Å². The lowest BCUT2D eigenvalue weighted by Gasteiger charge is -2.18. The van der Waals surface area contributed by atoms with Gasteiger partial charge in [-0.15, -0.1) is 0 Å². The lowest BCUT2D eigenvalue weighted by molar-refractivity contribution is -0.192. The van der Waals surface area contributed by atoms with E-state index >= 15 is 0 Å². The second kappa shape index (κ2) is 11.8. The fourth-order valence-electron chi connectivity index (χ4n) is 3.28. The van der Waals surface area contributed by atoms with Crippen molar-refractivity contribution in [2.45, 2.75) is 37.3 Å². The van der Waals surface area contributed by atoms with Gasteiger partial charge in [-0.2, -0.15) is 26.3 Å². The molecule has 0 bridgehead atoms. The van der Waals surface area contributed by atoms with Crippen molar-refractivity contribution in [3.05, 3.63) is 71.4 Å². The average Bonchev–Trinajstić information content (AvgIpc) is 3.21. The number of fused-ring (bicyclic) bond motifs is 1. The third-order valence-electron chi connectivity index (χ3n) is 5.02. The molecule has 0 saturated heterocycles. The zero-order valence-electron chi connectivity index (χ0n) is 18.7. The summed E-state index contributed by atoms with van der Waals surface area (Å²) in [6.45, 7) is 0. The van der Waals surface area contributed by atoms with Gasteiger partial charge >= 0.3 is 24.3 Å². The van der Waals surface area contributed by atoms with Crippen LogP contribution in [0.1, 0.15) is 16.7 Å². The second-order valence-corrected chi connectivity index (χ2v) is 7.74. The highest BCUT2D eigenvalue weighted by Crippen LogP contribution is 2.35. The van der Waals surface area contributed by atoms with E-state index in [4.69, 9.17) is 15.6 Å². The van der Waals surface area contributed by atoms with Gasteiger partial charge in [0.25, 0.3) is 0 Å². The third-order valence-corrected chi connectivity index (χ3v) is 5.02. The number of aromatic nitrogens is 1. The zero-order chi connectivity index (χ0) is 28.0. The number of nitrogens with one attached hydrogen (secondary N) is 2. The monoisotopic (exact) mass is 533 g/mol. The highest BCUT2D eigenvalue weighted by atomic mass is 19.4. The van der Waals surface area contributed by atoms with Crippen molar-refractivity contribution in [1.82, 2.24) is 10.3 Å². The highest BCUT2D eigenvalue weighted by Gasteiger charge is 2.38. The van der Waals surface area contributed by atoms with Crippen LogP contribution in [0.15, 0.2) is 54.7 Å². The minimum Gasteiger partial charge on any atom is -0.480 e. The molecule has 1 aromatic heterocycles. The fourth-order valence-corrected chi connectivity index (χ4v) is 3.28. The van der Waals surface area contributed by atoms with Crippen LogP contribution in [-0.4, -0.2) is 51.3 Å². The smallest absolute Gasteiger partial charge is 0.480 e. The van der Waals surface area contributed by atoms with Crippen LogP contribution in [0.5, 0.6) is 0 Å². The maximum atomic E-state index is 13.2. The number of alkyl halides is 6. The third kappa shape index (κ3) is 8.24. The van der Waals surface area contributed by atoms with Crippen molar-refractivity contribution < 1.29 is 50.9 Å². The minimum absolute atomic E-state index is 0.128.